The normalized spacial score (nSPS) is 9.89. The number of ether oxygens (including phenoxy) is 1. The summed E-state index contributed by atoms with van der Waals surface area (Å²) in [5, 5.41) is 9.02. The first-order valence-corrected chi connectivity index (χ1v) is 5.33. The monoisotopic (exact) mass is 258 g/mol. The van der Waals surface area contributed by atoms with Gasteiger partial charge >= 0.3 is 5.97 Å². The molecule has 2 rings (SSSR count). The van der Waals surface area contributed by atoms with E-state index in [-0.39, 0.29) is 22.6 Å². The zero-order valence-corrected chi connectivity index (χ0v) is 9.74. The Kier molecular flexibility index (Phi) is 3.42. The van der Waals surface area contributed by atoms with Crippen LogP contribution in [0.1, 0.15) is 20.7 Å². The van der Waals surface area contributed by atoms with E-state index in [4.69, 9.17) is 15.6 Å². The van der Waals surface area contributed by atoms with Crippen molar-refractivity contribution in [1.82, 2.24) is 4.98 Å². The molecule has 0 fully saturated rings. The Morgan fingerprint density at radius 3 is 2.53 bits per heavy atom. The lowest BCUT2D eigenvalue weighted by Crippen LogP contribution is -2.12. The zero-order valence-electron chi connectivity index (χ0n) is 9.74. The Morgan fingerprint density at radius 1 is 1.11 bits per heavy atom. The highest BCUT2D eigenvalue weighted by Crippen LogP contribution is 2.27. The van der Waals surface area contributed by atoms with Crippen molar-refractivity contribution in [1.29, 1.82) is 0 Å². The van der Waals surface area contributed by atoms with E-state index >= 15 is 0 Å². The number of amides is 1. The topological polar surface area (TPSA) is 103 Å². The molecule has 0 unspecified atom stereocenters. The quantitative estimate of drug-likeness (QED) is 0.868. The number of carbonyl (C=O) groups is 2. The molecular formula is C13H10N2O4. The van der Waals surface area contributed by atoms with Crippen LogP contribution in [-0.4, -0.2) is 22.0 Å². The molecule has 0 radical (unpaired) electrons. The van der Waals surface area contributed by atoms with Crippen LogP contribution in [0, 0.1) is 0 Å². The van der Waals surface area contributed by atoms with Crippen molar-refractivity contribution < 1.29 is 19.4 Å². The Hall–Kier alpha value is -2.89. The first kappa shape index (κ1) is 12.6. The van der Waals surface area contributed by atoms with Crippen LogP contribution in [-0.2, 0) is 0 Å². The van der Waals surface area contributed by atoms with E-state index in [1.54, 1.807) is 12.1 Å². The highest BCUT2D eigenvalue weighted by Gasteiger charge is 2.14. The maximum atomic E-state index is 11.2. The lowest BCUT2D eigenvalue weighted by Gasteiger charge is -2.10. The van der Waals surface area contributed by atoms with Crippen LogP contribution in [0.4, 0.5) is 0 Å². The number of carboxylic acid groups (broad SMARTS) is 1. The van der Waals surface area contributed by atoms with Crippen molar-refractivity contribution >= 4 is 11.9 Å². The van der Waals surface area contributed by atoms with Crippen LogP contribution in [0.3, 0.4) is 0 Å². The summed E-state index contributed by atoms with van der Waals surface area (Å²) in [6, 6.07) is 7.62. The number of para-hydroxylation sites is 1. The number of carboxylic acids is 1. The summed E-state index contributed by atoms with van der Waals surface area (Å²) >= 11 is 0. The van der Waals surface area contributed by atoms with Crippen LogP contribution in [0.5, 0.6) is 11.5 Å². The van der Waals surface area contributed by atoms with Gasteiger partial charge in [0, 0.05) is 6.20 Å². The van der Waals surface area contributed by atoms with E-state index in [0.29, 0.717) is 0 Å². The molecule has 0 aliphatic heterocycles. The fraction of sp³-hybridized carbons (Fsp3) is 0. The predicted molar refractivity (Wildman–Crippen MR) is 66.2 cm³/mol. The molecule has 96 valence electrons. The number of primary amides is 1. The van der Waals surface area contributed by atoms with Gasteiger partial charge < -0.3 is 15.6 Å². The molecule has 6 heteroatoms. The molecule has 0 bridgehead atoms. The number of hydrogen-bond acceptors (Lipinski definition) is 4. The molecule has 0 saturated heterocycles. The second-order valence-corrected chi connectivity index (χ2v) is 3.64. The highest BCUT2D eigenvalue weighted by molar-refractivity contribution is 5.96. The summed E-state index contributed by atoms with van der Waals surface area (Å²) in [6.45, 7) is 0. The van der Waals surface area contributed by atoms with Crippen LogP contribution in [0.15, 0.2) is 42.7 Å². The van der Waals surface area contributed by atoms with E-state index in [9.17, 15) is 9.59 Å². The summed E-state index contributed by atoms with van der Waals surface area (Å²) in [5.41, 5.74) is 5.34. The van der Waals surface area contributed by atoms with Crippen molar-refractivity contribution in [3.8, 4) is 11.5 Å². The fourth-order valence-electron chi connectivity index (χ4n) is 1.52. The second-order valence-electron chi connectivity index (χ2n) is 3.64. The average Bonchev–Trinajstić information content (AvgIpc) is 2.39. The molecule has 0 spiro atoms. The van der Waals surface area contributed by atoms with Crippen molar-refractivity contribution in [2.24, 2.45) is 5.73 Å². The Bertz CT molecular complexity index is 585. The van der Waals surface area contributed by atoms with Gasteiger partial charge in [0.2, 0.25) is 0 Å². The number of aromatic carboxylic acids is 1. The highest BCUT2D eigenvalue weighted by atomic mass is 16.5. The van der Waals surface area contributed by atoms with Crippen molar-refractivity contribution in [2.45, 2.75) is 0 Å². The summed E-state index contributed by atoms with van der Waals surface area (Å²) < 4.78 is 5.42. The molecule has 3 N–H and O–H groups in total. The minimum atomic E-state index is -1.14. The third-order valence-corrected chi connectivity index (χ3v) is 2.39. The largest absolute Gasteiger partial charge is 0.478 e. The molecule has 0 aliphatic carbocycles. The Morgan fingerprint density at radius 2 is 1.84 bits per heavy atom. The Balaban J connectivity index is 2.42. The standard InChI is InChI=1S/C13H10N2O4/c14-12(16)8-3-1-2-4-10(8)19-11-7-15-6-5-9(11)13(17)18/h1-7H,(H2,14,16)(H,17,18). The van der Waals surface area contributed by atoms with Crippen LogP contribution < -0.4 is 10.5 Å². The molecule has 1 amide bonds. The first-order valence-electron chi connectivity index (χ1n) is 5.33. The van der Waals surface area contributed by atoms with Gasteiger partial charge in [-0.1, -0.05) is 12.1 Å². The number of aromatic nitrogens is 1. The summed E-state index contributed by atoms with van der Waals surface area (Å²) in [6.07, 6.45) is 2.61. The van der Waals surface area contributed by atoms with E-state index in [1.165, 1.54) is 30.6 Å². The van der Waals surface area contributed by atoms with Gasteiger partial charge in [-0.3, -0.25) is 9.78 Å². The molecule has 6 nitrogen and oxygen atoms in total. The summed E-state index contributed by atoms with van der Waals surface area (Å²) in [7, 11) is 0. The van der Waals surface area contributed by atoms with E-state index < -0.39 is 11.9 Å². The van der Waals surface area contributed by atoms with Crippen LogP contribution >= 0.6 is 0 Å². The van der Waals surface area contributed by atoms with E-state index in [2.05, 4.69) is 4.98 Å². The zero-order chi connectivity index (χ0) is 13.8. The molecule has 1 aromatic carbocycles. The van der Waals surface area contributed by atoms with Crippen molar-refractivity contribution in [3.05, 3.63) is 53.9 Å². The van der Waals surface area contributed by atoms with Gasteiger partial charge in [0.05, 0.1) is 11.8 Å². The van der Waals surface area contributed by atoms with Crippen molar-refractivity contribution in [3.63, 3.8) is 0 Å². The van der Waals surface area contributed by atoms with Crippen molar-refractivity contribution in [2.75, 3.05) is 0 Å². The third-order valence-electron chi connectivity index (χ3n) is 2.39. The van der Waals surface area contributed by atoms with Gasteiger partial charge in [-0.15, -0.1) is 0 Å². The molecule has 1 aromatic heterocycles. The molecule has 19 heavy (non-hydrogen) atoms. The molecule has 1 heterocycles. The van der Waals surface area contributed by atoms with Crippen LogP contribution in [0.25, 0.3) is 0 Å². The molecular weight excluding hydrogens is 248 g/mol. The van der Waals surface area contributed by atoms with Gasteiger partial charge in [-0.2, -0.15) is 0 Å². The number of rotatable bonds is 4. The number of pyridine rings is 1. The molecule has 0 aliphatic rings. The minimum Gasteiger partial charge on any atom is -0.478 e. The molecule has 0 atom stereocenters. The van der Waals surface area contributed by atoms with Gasteiger partial charge in [-0.25, -0.2) is 4.79 Å². The van der Waals surface area contributed by atoms with Gasteiger partial charge in [0.15, 0.2) is 5.75 Å². The average molecular weight is 258 g/mol. The van der Waals surface area contributed by atoms with Gasteiger partial charge in [-0.05, 0) is 18.2 Å². The number of hydrogen-bond donors (Lipinski definition) is 2. The predicted octanol–water partition coefficient (Wildman–Crippen LogP) is 1.67. The summed E-state index contributed by atoms with van der Waals surface area (Å²) in [4.78, 5) is 26.1. The smallest absolute Gasteiger partial charge is 0.339 e. The van der Waals surface area contributed by atoms with Crippen LogP contribution in [0.2, 0.25) is 0 Å². The minimum absolute atomic E-state index is 0.0451. The van der Waals surface area contributed by atoms with Gasteiger partial charge in [0.1, 0.15) is 11.3 Å². The number of carbonyl (C=O) groups excluding carboxylic acids is 1. The molecule has 0 saturated carbocycles. The second kappa shape index (κ2) is 5.18. The maximum Gasteiger partial charge on any atom is 0.339 e. The lowest BCUT2D eigenvalue weighted by atomic mass is 10.2. The van der Waals surface area contributed by atoms with E-state index in [1.807, 2.05) is 0 Å². The SMILES string of the molecule is NC(=O)c1ccccc1Oc1cnccc1C(=O)O. The van der Waals surface area contributed by atoms with E-state index in [0.717, 1.165) is 0 Å². The first-order chi connectivity index (χ1) is 9.09. The third kappa shape index (κ3) is 2.68. The lowest BCUT2D eigenvalue weighted by molar-refractivity contribution is 0.0694. The maximum absolute atomic E-state index is 11.2. The number of benzene rings is 1. The summed E-state index contributed by atoms with van der Waals surface area (Å²) in [5.74, 6) is -1.57. The van der Waals surface area contributed by atoms with Gasteiger partial charge in [0.25, 0.3) is 5.91 Å². The molecule has 2 aromatic rings. The Labute approximate surface area is 108 Å². The fourth-order valence-corrected chi connectivity index (χ4v) is 1.52. The number of nitrogens with zero attached hydrogens (tertiary/aromatic N) is 1. The number of nitrogens with two attached hydrogens (primary N) is 1.